The first-order valence-electron chi connectivity index (χ1n) is 4.43. The lowest BCUT2D eigenvalue weighted by Gasteiger charge is -2.03. The molecule has 0 bridgehead atoms. The van der Waals surface area contributed by atoms with Crippen LogP contribution in [0.5, 0.6) is 0 Å². The molecule has 0 heterocycles. The van der Waals surface area contributed by atoms with Gasteiger partial charge in [0.15, 0.2) is 0 Å². The van der Waals surface area contributed by atoms with Crippen LogP contribution in [0.25, 0.3) is 0 Å². The molecule has 0 aliphatic carbocycles. The molecule has 1 rings (SSSR count). The highest BCUT2D eigenvalue weighted by Crippen LogP contribution is 2.10. The van der Waals surface area contributed by atoms with Gasteiger partial charge in [-0.1, -0.05) is 18.2 Å². The second-order valence-corrected chi connectivity index (χ2v) is 4.45. The maximum atomic E-state index is 11.7. The van der Waals surface area contributed by atoms with Crippen molar-refractivity contribution in [2.45, 2.75) is 24.8 Å². The van der Waals surface area contributed by atoms with E-state index in [2.05, 4.69) is 0 Å². The van der Waals surface area contributed by atoms with Crippen molar-refractivity contribution < 1.29 is 9.32 Å². The molecule has 0 saturated carbocycles. The van der Waals surface area contributed by atoms with Crippen LogP contribution < -0.4 is 0 Å². The standard InChI is InChI=1S/C11H14O2S/c1-9(10(2)12)8-14(13)11-6-4-3-5-7-11/h3-8,10,12H,1-2H3/b9-8+/t10-,14?/m0/s1. The van der Waals surface area contributed by atoms with E-state index in [0.717, 1.165) is 10.5 Å². The second kappa shape index (κ2) is 5.08. The number of rotatable bonds is 3. The number of aliphatic hydroxyl groups is 1. The van der Waals surface area contributed by atoms with Gasteiger partial charge < -0.3 is 5.11 Å². The predicted octanol–water partition coefficient (Wildman–Crippen LogP) is 2.08. The van der Waals surface area contributed by atoms with E-state index in [4.69, 9.17) is 0 Å². The van der Waals surface area contributed by atoms with Crippen LogP contribution in [0.3, 0.4) is 0 Å². The topological polar surface area (TPSA) is 37.3 Å². The Bertz CT molecular complexity index is 342. The summed E-state index contributed by atoms with van der Waals surface area (Å²) >= 11 is 0. The minimum Gasteiger partial charge on any atom is -0.389 e. The molecule has 0 aromatic heterocycles. The summed E-state index contributed by atoms with van der Waals surface area (Å²) in [4.78, 5) is 0.757. The Kier molecular flexibility index (Phi) is 4.04. The zero-order valence-corrected chi connectivity index (χ0v) is 9.12. The molecule has 0 radical (unpaired) electrons. The zero-order valence-electron chi connectivity index (χ0n) is 8.31. The van der Waals surface area contributed by atoms with Gasteiger partial charge in [0.1, 0.15) is 0 Å². The fourth-order valence-corrected chi connectivity index (χ4v) is 1.99. The van der Waals surface area contributed by atoms with Crippen molar-refractivity contribution in [2.24, 2.45) is 0 Å². The summed E-state index contributed by atoms with van der Waals surface area (Å²) in [6, 6.07) is 9.19. The molecule has 0 spiro atoms. The summed E-state index contributed by atoms with van der Waals surface area (Å²) in [6.45, 7) is 3.43. The number of benzene rings is 1. The third-order valence-corrected chi connectivity index (χ3v) is 3.25. The van der Waals surface area contributed by atoms with E-state index in [1.807, 2.05) is 30.3 Å². The van der Waals surface area contributed by atoms with Crippen molar-refractivity contribution in [3.8, 4) is 0 Å². The molecule has 0 aliphatic heterocycles. The number of aliphatic hydroxyl groups excluding tert-OH is 1. The SMILES string of the molecule is C/C(=C\S(=O)c1ccccc1)[C@H](C)O. The van der Waals surface area contributed by atoms with E-state index < -0.39 is 16.9 Å². The summed E-state index contributed by atoms with van der Waals surface area (Å²) in [6.07, 6.45) is -0.539. The summed E-state index contributed by atoms with van der Waals surface area (Å²) in [5.41, 5.74) is 0.729. The lowest BCUT2D eigenvalue weighted by atomic mass is 10.2. The third kappa shape index (κ3) is 3.09. The molecule has 2 atom stereocenters. The Balaban J connectivity index is 2.83. The Morgan fingerprint density at radius 1 is 1.43 bits per heavy atom. The van der Waals surface area contributed by atoms with Crippen LogP contribution in [-0.4, -0.2) is 15.4 Å². The maximum absolute atomic E-state index is 11.7. The van der Waals surface area contributed by atoms with Crippen LogP contribution in [-0.2, 0) is 10.8 Å². The molecular formula is C11H14O2S. The minimum absolute atomic E-state index is 0.539. The van der Waals surface area contributed by atoms with Crippen LogP contribution in [0.1, 0.15) is 13.8 Å². The van der Waals surface area contributed by atoms with Crippen LogP contribution in [0.4, 0.5) is 0 Å². The van der Waals surface area contributed by atoms with Gasteiger partial charge in [0, 0.05) is 10.3 Å². The van der Waals surface area contributed by atoms with Crippen molar-refractivity contribution in [2.75, 3.05) is 0 Å². The van der Waals surface area contributed by atoms with Gasteiger partial charge >= 0.3 is 0 Å². The molecule has 76 valence electrons. The monoisotopic (exact) mass is 210 g/mol. The Labute approximate surface area is 86.7 Å². The molecule has 0 aliphatic rings. The summed E-state index contributed by atoms with van der Waals surface area (Å²) in [7, 11) is -1.16. The molecule has 3 heteroatoms. The molecular weight excluding hydrogens is 196 g/mol. The Morgan fingerprint density at radius 2 is 2.00 bits per heavy atom. The van der Waals surface area contributed by atoms with Crippen molar-refractivity contribution in [3.63, 3.8) is 0 Å². The van der Waals surface area contributed by atoms with Gasteiger partial charge in [0.25, 0.3) is 0 Å². The molecule has 1 unspecified atom stereocenters. The van der Waals surface area contributed by atoms with E-state index in [0.29, 0.717) is 0 Å². The largest absolute Gasteiger partial charge is 0.389 e. The normalized spacial score (nSPS) is 16.4. The highest BCUT2D eigenvalue weighted by molar-refractivity contribution is 7.88. The lowest BCUT2D eigenvalue weighted by Crippen LogP contribution is -2.02. The van der Waals surface area contributed by atoms with E-state index in [9.17, 15) is 9.32 Å². The predicted molar refractivity (Wildman–Crippen MR) is 58.3 cm³/mol. The van der Waals surface area contributed by atoms with Gasteiger partial charge in [-0.3, -0.25) is 0 Å². The van der Waals surface area contributed by atoms with Gasteiger partial charge in [-0.2, -0.15) is 0 Å². The van der Waals surface area contributed by atoms with Crippen LogP contribution >= 0.6 is 0 Å². The Hall–Kier alpha value is -0.930. The van der Waals surface area contributed by atoms with Crippen LogP contribution in [0.2, 0.25) is 0 Å². The molecule has 1 N–H and O–H groups in total. The summed E-state index contributed by atoms with van der Waals surface area (Å²) in [5, 5.41) is 10.8. The molecule has 2 nitrogen and oxygen atoms in total. The molecule has 0 amide bonds. The van der Waals surface area contributed by atoms with Crippen molar-refractivity contribution in [1.82, 2.24) is 0 Å². The van der Waals surface area contributed by atoms with Crippen molar-refractivity contribution in [1.29, 1.82) is 0 Å². The molecule has 1 aromatic carbocycles. The lowest BCUT2D eigenvalue weighted by molar-refractivity contribution is 0.232. The number of hydrogen-bond acceptors (Lipinski definition) is 2. The second-order valence-electron chi connectivity index (χ2n) is 3.15. The van der Waals surface area contributed by atoms with Crippen molar-refractivity contribution in [3.05, 3.63) is 41.3 Å². The maximum Gasteiger partial charge on any atom is 0.0776 e. The van der Waals surface area contributed by atoms with Gasteiger partial charge in [0.2, 0.25) is 0 Å². The molecule has 0 saturated heterocycles. The average Bonchev–Trinajstić information content (AvgIpc) is 2.19. The summed E-state index contributed by atoms with van der Waals surface area (Å²) in [5.74, 6) is 0. The van der Waals surface area contributed by atoms with E-state index in [-0.39, 0.29) is 0 Å². The Morgan fingerprint density at radius 3 is 2.50 bits per heavy atom. The highest BCUT2D eigenvalue weighted by Gasteiger charge is 2.03. The van der Waals surface area contributed by atoms with E-state index >= 15 is 0 Å². The first-order chi connectivity index (χ1) is 6.61. The molecule has 0 fully saturated rings. The van der Waals surface area contributed by atoms with Gasteiger partial charge in [-0.15, -0.1) is 0 Å². The van der Waals surface area contributed by atoms with Gasteiger partial charge in [-0.05, 0) is 31.6 Å². The number of hydrogen-bond donors (Lipinski definition) is 1. The average molecular weight is 210 g/mol. The van der Waals surface area contributed by atoms with Crippen LogP contribution in [0, 0.1) is 0 Å². The van der Waals surface area contributed by atoms with Crippen LogP contribution in [0.15, 0.2) is 46.2 Å². The minimum atomic E-state index is -1.16. The molecule has 1 aromatic rings. The fraction of sp³-hybridized carbons (Fsp3) is 0.273. The van der Waals surface area contributed by atoms with E-state index in [1.165, 1.54) is 0 Å². The summed E-state index contributed by atoms with van der Waals surface area (Å²) < 4.78 is 11.7. The quantitative estimate of drug-likeness (QED) is 0.829. The van der Waals surface area contributed by atoms with Gasteiger partial charge in [-0.25, -0.2) is 4.21 Å². The highest BCUT2D eigenvalue weighted by atomic mass is 32.2. The first-order valence-corrected chi connectivity index (χ1v) is 5.64. The third-order valence-electron chi connectivity index (χ3n) is 1.93. The van der Waals surface area contributed by atoms with E-state index in [1.54, 1.807) is 19.3 Å². The first kappa shape index (κ1) is 11.1. The fourth-order valence-electron chi connectivity index (χ4n) is 0.890. The van der Waals surface area contributed by atoms with Crippen molar-refractivity contribution >= 4 is 10.8 Å². The molecule has 14 heavy (non-hydrogen) atoms. The smallest absolute Gasteiger partial charge is 0.0776 e. The zero-order chi connectivity index (χ0) is 10.6. The van der Waals surface area contributed by atoms with Gasteiger partial charge in [0.05, 0.1) is 16.9 Å².